The minimum absolute atomic E-state index is 0.0644. The SMILES string of the molecule is CCCNC(=O)c1ccc(Cl)cc1NCC(=O)NCC1CCCCC1. The van der Waals surface area contributed by atoms with Gasteiger partial charge in [0.2, 0.25) is 5.91 Å². The number of amides is 2. The molecule has 2 amide bonds. The Labute approximate surface area is 154 Å². The van der Waals surface area contributed by atoms with Crippen molar-refractivity contribution < 1.29 is 9.59 Å². The van der Waals surface area contributed by atoms with E-state index in [9.17, 15) is 9.59 Å². The molecule has 1 saturated carbocycles. The smallest absolute Gasteiger partial charge is 0.253 e. The highest BCUT2D eigenvalue weighted by Crippen LogP contribution is 2.23. The van der Waals surface area contributed by atoms with Gasteiger partial charge in [-0.2, -0.15) is 0 Å². The molecular formula is C19H28ClN3O2. The number of hydrogen-bond donors (Lipinski definition) is 3. The molecule has 5 nitrogen and oxygen atoms in total. The average molecular weight is 366 g/mol. The second-order valence-electron chi connectivity index (χ2n) is 6.61. The summed E-state index contributed by atoms with van der Waals surface area (Å²) in [7, 11) is 0. The predicted octanol–water partition coefficient (Wildman–Crippen LogP) is 3.59. The summed E-state index contributed by atoms with van der Waals surface area (Å²) in [6, 6.07) is 5.03. The predicted molar refractivity (Wildman–Crippen MR) is 102 cm³/mol. The number of carbonyl (C=O) groups is 2. The first-order valence-corrected chi connectivity index (χ1v) is 9.56. The molecule has 0 radical (unpaired) electrons. The minimum atomic E-state index is -0.163. The van der Waals surface area contributed by atoms with Gasteiger partial charge in [-0.25, -0.2) is 0 Å². The number of halogens is 1. The van der Waals surface area contributed by atoms with E-state index in [1.807, 2.05) is 6.92 Å². The van der Waals surface area contributed by atoms with Crippen LogP contribution in [-0.4, -0.2) is 31.4 Å². The highest BCUT2D eigenvalue weighted by atomic mass is 35.5. The molecule has 0 aliphatic heterocycles. The van der Waals surface area contributed by atoms with Gasteiger partial charge in [-0.05, 0) is 43.4 Å². The molecule has 0 atom stereocenters. The third-order valence-corrected chi connectivity index (χ3v) is 4.75. The third kappa shape index (κ3) is 6.58. The Kier molecular flexibility index (Phi) is 8.06. The van der Waals surface area contributed by atoms with E-state index in [-0.39, 0.29) is 18.4 Å². The monoisotopic (exact) mass is 365 g/mol. The number of hydrogen-bond acceptors (Lipinski definition) is 3. The van der Waals surface area contributed by atoms with Crippen molar-refractivity contribution in [2.75, 3.05) is 25.0 Å². The van der Waals surface area contributed by atoms with Gasteiger partial charge >= 0.3 is 0 Å². The summed E-state index contributed by atoms with van der Waals surface area (Å²) in [5.74, 6) is 0.369. The van der Waals surface area contributed by atoms with Gasteiger partial charge in [0.1, 0.15) is 0 Å². The first-order valence-electron chi connectivity index (χ1n) is 9.18. The molecule has 6 heteroatoms. The Bertz CT molecular complexity index is 586. The molecule has 2 rings (SSSR count). The van der Waals surface area contributed by atoms with E-state index in [0.717, 1.165) is 13.0 Å². The molecule has 0 bridgehead atoms. The van der Waals surface area contributed by atoms with Gasteiger partial charge in [-0.1, -0.05) is 37.8 Å². The van der Waals surface area contributed by atoms with Gasteiger partial charge in [0.15, 0.2) is 0 Å². The Morgan fingerprint density at radius 1 is 1.16 bits per heavy atom. The van der Waals surface area contributed by atoms with E-state index >= 15 is 0 Å². The lowest BCUT2D eigenvalue weighted by atomic mass is 9.89. The van der Waals surface area contributed by atoms with Gasteiger partial charge in [-0.15, -0.1) is 0 Å². The van der Waals surface area contributed by atoms with Gasteiger partial charge < -0.3 is 16.0 Å². The summed E-state index contributed by atoms with van der Waals surface area (Å²) >= 11 is 6.03. The van der Waals surface area contributed by atoms with Gasteiger partial charge in [0.05, 0.1) is 12.1 Å². The van der Waals surface area contributed by atoms with Gasteiger partial charge in [-0.3, -0.25) is 9.59 Å². The largest absolute Gasteiger partial charge is 0.375 e. The second-order valence-corrected chi connectivity index (χ2v) is 7.04. The summed E-state index contributed by atoms with van der Waals surface area (Å²) in [5, 5.41) is 9.39. The molecule has 0 heterocycles. The van der Waals surface area contributed by atoms with Gasteiger partial charge in [0, 0.05) is 23.8 Å². The van der Waals surface area contributed by atoms with Crippen molar-refractivity contribution in [3.63, 3.8) is 0 Å². The Morgan fingerprint density at radius 2 is 1.92 bits per heavy atom. The minimum Gasteiger partial charge on any atom is -0.375 e. The molecule has 0 aromatic heterocycles. The van der Waals surface area contributed by atoms with E-state index < -0.39 is 0 Å². The molecule has 1 fully saturated rings. The topological polar surface area (TPSA) is 70.2 Å². The maximum atomic E-state index is 12.2. The number of nitrogens with one attached hydrogen (secondary N) is 3. The molecule has 0 spiro atoms. The van der Waals surface area contributed by atoms with Crippen LogP contribution in [0.3, 0.4) is 0 Å². The summed E-state index contributed by atoms with van der Waals surface area (Å²) < 4.78 is 0. The fraction of sp³-hybridized carbons (Fsp3) is 0.579. The van der Waals surface area contributed by atoms with Crippen LogP contribution in [0, 0.1) is 5.92 Å². The molecule has 1 aromatic rings. The van der Waals surface area contributed by atoms with Crippen molar-refractivity contribution in [2.45, 2.75) is 45.4 Å². The number of carbonyl (C=O) groups excluding carboxylic acids is 2. The molecule has 0 unspecified atom stereocenters. The molecule has 1 aliphatic rings. The summed E-state index contributed by atoms with van der Waals surface area (Å²) in [6.07, 6.45) is 7.10. The van der Waals surface area contributed by atoms with Crippen LogP contribution in [0.1, 0.15) is 55.8 Å². The van der Waals surface area contributed by atoms with Crippen LogP contribution in [-0.2, 0) is 4.79 Å². The normalized spacial score (nSPS) is 14.8. The van der Waals surface area contributed by atoms with Gasteiger partial charge in [0.25, 0.3) is 5.91 Å². The maximum Gasteiger partial charge on any atom is 0.253 e. The fourth-order valence-electron chi connectivity index (χ4n) is 3.08. The highest BCUT2D eigenvalue weighted by molar-refractivity contribution is 6.31. The van der Waals surface area contributed by atoms with E-state index in [4.69, 9.17) is 11.6 Å². The van der Waals surface area contributed by atoms with E-state index in [2.05, 4.69) is 16.0 Å². The number of benzene rings is 1. The van der Waals surface area contributed by atoms with Crippen molar-refractivity contribution in [1.29, 1.82) is 0 Å². The maximum absolute atomic E-state index is 12.2. The van der Waals surface area contributed by atoms with Crippen LogP contribution < -0.4 is 16.0 Å². The highest BCUT2D eigenvalue weighted by Gasteiger charge is 2.15. The van der Waals surface area contributed by atoms with Crippen molar-refractivity contribution in [3.05, 3.63) is 28.8 Å². The van der Waals surface area contributed by atoms with E-state index in [1.54, 1.807) is 18.2 Å². The summed E-state index contributed by atoms with van der Waals surface area (Å²) in [5.41, 5.74) is 1.08. The van der Waals surface area contributed by atoms with Crippen LogP contribution in [0.5, 0.6) is 0 Å². The first kappa shape index (κ1) is 19.6. The molecule has 25 heavy (non-hydrogen) atoms. The Morgan fingerprint density at radius 3 is 2.64 bits per heavy atom. The number of rotatable bonds is 8. The van der Waals surface area contributed by atoms with Crippen LogP contribution in [0.4, 0.5) is 5.69 Å². The Balaban J connectivity index is 1.86. The van der Waals surface area contributed by atoms with Crippen molar-refractivity contribution in [3.8, 4) is 0 Å². The molecule has 1 aromatic carbocycles. The lowest BCUT2D eigenvalue weighted by molar-refractivity contribution is -0.119. The second kappa shape index (κ2) is 10.3. The lowest BCUT2D eigenvalue weighted by Gasteiger charge is -2.21. The molecule has 1 aliphatic carbocycles. The summed E-state index contributed by atoms with van der Waals surface area (Å²) in [4.78, 5) is 24.3. The van der Waals surface area contributed by atoms with E-state index in [0.29, 0.717) is 28.7 Å². The van der Waals surface area contributed by atoms with Crippen LogP contribution >= 0.6 is 11.6 Å². The first-order chi connectivity index (χ1) is 12.1. The zero-order valence-corrected chi connectivity index (χ0v) is 15.6. The molecule has 138 valence electrons. The molecule has 0 saturated heterocycles. The third-order valence-electron chi connectivity index (χ3n) is 4.51. The standard InChI is InChI=1S/C19H28ClN3O2/c1-2-10-21-19(25)16-9-8-15(20)11-17(16)22-13-18(24)23-12-14-6-4-3-5-7-14/h8-9,11,14,22H,2-7,10,12-13H2,1H3,(H,21,25)(H,23,24). The van der Waals surface area contributed by atoms with Crippen LogP contribution in [0.25, 0.3) is 0 Å². The van der Waals surface area contributed by atoms with E-state index in [1.165, 1.54) is 32.1 Å². The number of anilines is 1. The van der Waals surface area contributed by atoms with Crippen molar-refractivity contribution in [2.24, 2.45) is 5.92 Å². The average Bonchev–Trinajstić information content (AvgIpc) is 2.63. The molecule has 3 N–H and O–H groups in total. The van der Waals surface area contributed by atoms with Crippen LogP contribution in [0.2, 0.25) is 5.02 Å². The van der Waals surface area contributed by atoms with Crippen molar-refractivity contribution in [1.82, 2.24) is 10.6 Å². The zero-order chi connectivity index (χ0) is 18.1. The summed E-state index contributed by atoms with van der Waals surface area (Å²) in [6.45, 7) is 3.47. The van der Waals surface area contributed by atoms with Crippen molar-refractivity contribution >= 4 is 29.1 Å². The van der Waals surface area contributed by atoms with Crippen LogP contribution in [0.15, 0.2) is 18.2 Å². The zero-order valence-electron chi connectivity index (χ0n) is 14.9. The molecular weight excluding hydrogens is 338 g/mol. The quantitative estimate of drug-likeness (QED) is 0.659. The fourth-order valence-corrected chi connectivity index (χ4v) is 3.25. The Hall–Kier alpha value is -1.75. The lowest BCUT2D eigenvalue weighted by Crippen LogP contribution is -2.34.